The van der Waals surface area contributed by atoms with E-state index in [1.54, 1.807) is 0 Å². The topological polar surface area (TPSA) is 70.0 Å². The van der Waals surface area contributed by atoms with Crippen molar-refractivity contribution in [3.63, 3.8) is 0 Å². The van der Waals surface area contributed by atoms with Crippen LogP contribution in [0.4, 0.5) is 28.7 Å². The summed E-state index contributed by atoms with van der Waals surface area (Å²) in [5, 5.41) is 3.33. The van der Waals surface area contributed by atoms with Gasteiger partial charge in [0.2, 0.25) is 5.95 Å². The Hall–Kier alpha value is -3.47. The Balaban J connectivity index is 1.56. The van der Waals surface area contributed by atoms with Crippen LogP contribution in [0.3, 0.4) is 0 Å². The fourth-order valence-corrected chi connectivity index (χ4v) is 2.76. The first kappa shape index (κ1) is 15.1. The number of aromatic nitrogens is 2. The van der Waals surface area contributed by atoms with Gasteiger partial charge in [-0.15, -0.1) is 0 Å². The number of H-pyrrole nitrogens is 1. The van der Waals surface area contributed by atoms with E-state index in [9.17, 15) is 0 Å². The minimum absolute atomic E-state index is 0.728. The van der Waals surface area contributed by atoms with Gasteiger partial charge in [0, 0.05) is 18.4 Å². The maximum Gasteiger partial charge on any atom is 0.208 e. The van der Waals surface area contributed by atoms with E-state index in [1.807, 2.05) is 72.6 Å². The van der Waals surface area contributed by atoms with Crippen molar-refractivity contribution in [2.45, 2.75) is 0 Å². The van der Waals surface area contributed by atoms with Crippen LogP contribution in [0, 0.1) is 0 Å². The van der Waals surface area contributed by atoms with Crippen LogP contribution in [0.5, 0.6) is 0 Å². The molecule has 4 aromatic rings. The molecule has 0 amide bonds. The van der Waals surface area contributed by atoms with Crippen molar-refractivity contribution in [1.29, 1.82) is 0 Å². The number of nitrogen functional groups attached to an aromatic ring is 1. The third-order valence-electron chi connectivity index (χ3n) is 4.19. The SMILES string of the molecule is CN(c1ccc(Nc2ccccc2N)cc1)c1nc2ccccc2[nH]1. The van der Waals surface area contributed by atoms with Gasteiger partial charge in [0.25, 0.3) is 0 Å². The van der Waals surface area contributed by atoms with E-state index in [1.165, 1.54) is 0 Å². The average Bonchev–Trinajstić information content (AvgIpc) is 3.08. The van der Waals surface area contributed by atoms with Crippen LogP contribution in [0.15, 0.2) is 72.8 Å². The molecule has 0 atom stereocenters. The molecular formula is C20H19N5. The molecule has 0 bridgehead atoms. The highest BCUT2D eigenvalue weighted by molar-refractivity contribution is 5.79. The smallest absolute Gasteiger partial charge is 0.208 e. The number of para-hydroxylation sites is 4. The zero-order valence-electron chi connectivity index (χ0n) is 13.9. The molecule has 1 aromatic heterocycles. The molecule has 1 heterocycles. The second-order valence-electron chi connectivity index (χ2n) is 5.90. The minimum atomic E-state index is 0.728. The lowest BCUT2D eigenvalue weighted by atomic mass is 10.2. The Morgan fingerprint density at radius 1 is 0.920 bits per heavy atom. The van der Waals surface area contributed by atoms with Gasteiger partial charge < -0.3 is 20.9 Å². The normalized spacial score (nSPS) is 10.8. The number of hydrogen-bond donors (Lipinski definition) is 3. The molecule has 0 fully saturated rings. The number of rotatable bonds is 4. The van der Waals surface area contributed by atoms with Gasteiger partial charge >= 0.3 is 0 Å². The fourth-order valence-electron chi connectivity index (χ4n) is 2.76. The molecule has 5 heteroatoms. The van der Waals surface area contributed by atoms with E-state index in [2.05, 4.69) is 27.4 Å². The van der Waals surface area contributed by atoms with Crippen LogP contribution in [0.1, 0.15) is 0 Å². The Bertz CT molecular complexity index is 971. The Kier molecular flexibility index (Phi) is 3.74. The molecular weight excluding hydrogens is 310 g/mol. The summed E-state index contributed by atoms with van der Waals surface area (Å²) in [5.41, 5.74) is 11.6. The van der Waals surface area contributed by atoms with Gasteiger partial charge in [-0.25, -0.2) is 4.98 Å². The van der Waals surface area contributed by atoms with E-state index in [0.29, 0.717) is 0 Å². The maximum absolute atomic E-state index is 5.98. The number of benzene rings is 3. The summed E-state index contributed by atoms with van der Waals surface area (Å²) in [4.78, 5) is 10.00. The van der Waals surface area contributed by atoms with Crippen molar-refractivity contribution in [2.75, 3.05) is 23.0 Å². The molecule has 3 aromatic carbocycles. The highest BCUT2D eigenvalue weighted by atomic mass is 15.2. The van der Waals surface area contributed by atoms with E-state index < -0.39 is 0 Å². The maximum atomic E-state index is 5.98. The quantitative estimate of drug-likeness (QED) is 0.476. The van der Waals surface area contributed by atoms with Crippen LogP contribution in [-0.2, 0) is 0 Å². The number of aromatic amines is 1. The molecule has 0 aliphatic heterocycles. The standard InChI is InChI=1S/C20H19N5/c1-25(20-23-18-8-4-5-9-19(18)24-20)15-12-10-14(11-13-15)22-17-7-3-2-6-16(17)21/h2-13,22H,21H2,1H3,(H,23,24). The van der Waals surface area contributed by atoms with Crippen LogP contribution >= 0.6 is 0 Å². The lowest BCUT2D eigenvalue weighted by Gasteiger charge is -2.17. The number of fused-ring (bicyclic) bond motifs is 1. The largest absolute Gasteiger partial charge is 0.397 e. The summed E-state index contributed by atoms with van der Waals surface area (Å²) in [6, 6.07) is 23.9. The van der Waals surface area contributed by atoms with Gasteiger partial charge in [-0.05, 0) is 48.5 Å². The molecule has 0 aliphatic carbocycles. The number of nitrogens with two attached hydrogens (primary N) is 1. The van der Waals surface area contributed by atoms with Crippen LogP contribution in [0.25, 0.3) is 11.0 Å². The number of hydrogen-bond acceptors (Lipinski definition) is 4. The predicted molar refractivity (Wildman–Crippen MR) is 105 cm³/mol. The molecule has 5 nitrogen and oxygen atoms in total. The van der Waals surface area contributed by atoms with Gasteiger partial charge in [-0.3, -0.25) is 0 Å². The first-order valence-corrected chi connectivity index (χ1v) is 8.11. The Morgan fingerprint density at radius 3 is 2.40 bits per heavy atom. The molecule has 0 unspecified atom stereocenters. The van der Waals surface area contributed by atoms with E-state index >= 15 is 0 Å². The first-order valence-electron chi connectivity index (χ1n) is 8.11. The van der Waals surface area contributed by atoms with E-state index in [0.717, 1.165) is 39.7 Å². The Labute approximate surface area is 146 Å². The highest BCUT2D eigenvalue weighted by Crippen LogP contribution is 2.27. The van der Waals surface area contributed by atoms with Crippen molar-refractivity contribution in [3.05, 3.63) is 72.8 Å². The molecule has 0 radical (unpaired) electrons. The molecule has 4 N–H and O–H groups in total. The summed E-state index contributed by atoms with van der Waals surface area (Å²) < 4.78 is 0. The predicted octanol–water partition coefficient (Wildman–Crippen LogP) is 4.66. The third-order valence-corrected chi connectivity index (χ3v) is 4.19. The fraction of sp³-hybridized carbons (Fsp3) is 0.0500. The van der Waals surface area contributed by atoms with Gasteiger partial charge in [-0.2, -0.15) is 0 Å². The van der Waals surface area contributed by atoms with Crippen molar-refractivity contribution in [2.24, 2.45) is 0 Å². The highest BCUT2D eigenvalue weighted by Gasteiger charge is 2.09. The molecule has 25 heavy (non-hydrogen) atoms. The van der Waals surface area contributed by atoms with Crippen molar-refractivity contribution in [1.82, 2.24) is 9.97 Å². The van der Waals surface area contributed by atoms with Crippen molar-refractivity contribution >= 4 is 39.7 Å². The zero-order valence-corrected chi connectivity index (χ0v) is 13.9. The number of nitrogens with zero attached hydrogens (tertiary/aromatic N) is 2. The molecule has 4 rings (SSSR count). The minimum Gasteiger partial charge on any atom is -0.397 e. The summed E-state index contributed by atoms with van der Waals surface area (Å²) in [6.45, 7) is 0. The van der Waals surface area contributed by atoms with Crippen LogP contribution in [0.2, 0.25) is 0 Å². The summed E-state index contributed by atoms with van der Waals surface area (Å²) in [5.74, 6) is 0.814. The second kappa shape index (κ2) is 6.20. The summed E-state index contributed by atoms with van der Waals surface area (Å²) in [7, 11) is 2.00. The van der Waals surface area contributed by atoms with Crippen molar-refractivity contribution in [3.8, 4) is 0 Å². The molecule has 124 valence electrons. The monoisotopic (exact) mass is 329 g/mol. The zero-order chi connectivity index (χ0) is 17.2. The number of nitrogens with one attached hydrogen (secondary N) is 2. The summed E-state index contributed by atoms with van der Waals surface area (Å²) >= 11 is 0. The molecule has 0 saturated heterocycles. The summed E-state index contributed by atoms with van der Waals surface area (Å²) in [6.07, 6.45) is 0. The molecule has 0 saturated carbocycles. The van der Waals surface area contributed by atoms with Gasteiger partial charge in [0.1, 0.15) is 0 Å². The van der Waals surface area contributed by atoms with E-state index in [-0.39, 0.29) is 0 Å². The lowest BCUT2D eigenvalue weighted by molar-refractivity contribution is 1.11. The molecule has 0 spiro atoms. The van der Waals surface area contributed by atoms with Gasteiger partial charge in [-0.1, -0.05) is 24.3 Å². The lowest BCUT2D eigenvalue weighted by Crippen LogP contribution is -2.10. The Morgan fingerprint density at radius 2 is 1.64 bits per heavy atom. The third kappa shape index (κ3) is 2.99. The second-order valence-corrected chi connectivity index (χ2v) is 5.90. The van der Waals surface area contributed by atoms with E-state index in [4.69, 9.17) is 5.73 Å². The van der Waals surface area contributed by atoms with Crippen LogP contribution < -0.4 is 16.0 Å². The average molecular weight is 329 g/mol. The van der Waals surface area contributed by atoms with Gasteiger partial charge in [0.05, 0.1) is 22.4 Å². The van der Waals surface area contributed by atoms with Crippen molar-refractivity contribution < 1.29 is 0 Å². The first-order chi connectivity index (χ1) is 12.2. The van der Waals surface area contributed by atoms with Gasteiger partial charge in [0.15, 0.2) is 0 Å². The number of anilines is 5. The number of imidazole rings is 1. The van der Waals surface area contributed by atoms with Crippen LogP contribution in [-0.4, -0.2) is 17.0 Å². The molecule has 0 aliphatic rings.